The highest BCUT2D eigenvalue weighted by molar-refractivity contribution is 6.32. The van der Waals surface area contributed by atoms with E-state index in [4.69, 9.17) is 11.6 Å². The lowest BCUT2D eigenvalue weighted by atomic mass is 10.1. The monoisotopic (exact) mass is 276 g/mol. The Morgan fingerprint density at radius 1 is 1.26 bits per heavy atom. The van der Waals surface area contributed by atoms with Gasteiger partial charge in [0, 0.05) is 12.2 Å². The van der Waals surface area contributed by atoms with E-state index in [0.717, 1.165) is 23.2 Å². The smallest absolute Gasteiger partial charge is 0.152 e. The van der Waals surface area contributed by atoms with E-state index in [1.165, 1.54) is 0 Å². The van der Waals surface area contributed by atoms with Crippen molar-refractivity contribution in [3.8, 4) is 5.75 Å². The van der Waals surface area contributed by atoms with Crippen molar-refractivity contribution in [2.24, 2.45) is 0 Å². The molecular formula is C15H17ClN2O. The zero-order valence-electron chi connectivity index (χ0n) is 11.0. The number of hydrogen-bond acceptors (Lipinski definition) is 3. The molecule has 2 aromatic rings. The van der Waals surface area contributed by atoms with E-state index in [1.807, 2.05) is 25.1 Å². The summed E-state index contributed by atoms with van der Waals surface area (Å²) in [6, 6.07) is 9.40. The highest BCUT2D eigenvalue weighted by Crippen LogP contribution is 2.24. The number of aromatic hydroxyl groups is 1. The van der Waals surface area contributed by atoms with Gasteiger partial charge in [-0.05, 0) is 49.6 Å². The number of hydrogen-bond donors (Lipinski definition) is 2. The van der Waals surface area contributed by atoms with Crippen molar-refractivity contribution >= 4 is 17.3 Å². The number of rotatable bonds is 4. The molecule has 0 saturated heterocycles. The van der Waals surface area contributed by atoms with E-state index >= 15 is 0 Å². The minimum absolute atomic E-state index is 0.227. The van der Waals surface area contributed by atoms with Gasteiger partial charge in [-0.1, -0.05) is 23.7 Å². The molecule has 1 heterocycles. The lowest BCUT2D eigenvalue weighted by Crippen LogP contribution is -2.19. The fourth-order valence-electron chi connectivity index (χ4n) is 1.98. The highest BCUT2D eigenvalue weighted by atomic mass is 35.5. The van der Waals surface area contributed by atoms with Crippen LogP contribution in [-0.4, -0.2) is 16.1 Å². The van der Waals surface area contributed by atoms with Gasteiger partial charge in [0.2, 0.25) is 0 Å². The van der Waals surface area contributed by atoms with Crippen LogP contribution in [-0.2, 0) is 6.42 Å². The third-order valence-corrected chi connectivity index (χ3v) is 3.27. The third-order valence-electron chi connectivity index (χ3n) is 2.98. The summed E-state index contributed by atoms with van der Waals surface area (Å²) in [6.45, 7) is 4.10. The van der Waals surface area contributed by atoms with Gasteiger partial charge in [0.25, 0.3) is 0 Å². The summed E-state index contributed by atoms with van der Waals surface area (Å²) < 4.78 is 0. The van der Waals surface area contributed by atoms with Gasteiger partial charge in [0.05, 0.1) is 5.69 Å². The van der Waals surface area contributed by atoms with Gasteiger partial charge in [0.1, 0.15) is 5.75 Å². The molecule has 3 nitrogen and oxygen atoms in total. The van der Waals surface area contributed by atoms with Crippen molar-refractivity contribution in [3.63, 3.8) is 0 Å². The van der Waals surface area contributed by atoms with Crippen LogP contribution < -0.4 is 5.32 Å². The van der Waals surface area contributed by atoms with Gasteiger partial charge in [-0.15, -0.1) is 0 Å². The SMILES string of the molecule is Cc1ccnc(Cl)c1NC(C)Cc1ccc(O)cc1. The molecule has 0 aliphatic carbocycles. The number of aromatic nitrogens is 1. The van der Waals surface area contributed by atoms with E-state index in [-0.39, 0.29) is 11.8 Å². The number of phenols is 1. The molecule has 0 aliphatic heterocycles. The molecule has 0 radical (unpaired) electrons. The minimum Gasteiger partial charge on any atom is -0.508 e. The molecule has 1 aromatic carbocycles. The first-order chi connectivity index (χ1) is 9.06. The van der Waals surface area contributed by atoms with E-state index in [0.29, 0.717) is 5.15 Å². The highest BCUT2D eigenvalue weighted by Gasteiger charge is 2.09. The molecule has 1 atom stereocenters. The van der Waals surface area contributed by atoms with Crippen LogP contribution in [0.3, 0.4) is 0 Å². The Kier molecular flexibility index (Phi) is 4.27. The molecule has 0 fully saturated rings. The van der Waals surface area contributed by atoms with Crippen molar-refractivity contribution in [1.29, 1.82) is 0 Å². The van der Waals surface area contributed by atoms with Crippen LogP contribution in [0.1, 0.15) is 18.1 Å². The Morgan fingerprint density at radius 2 is 1.95 bits per heavy atom. The molecular weight excluding hydrogens is 260 g/mol. The standard InChI is InChI=1S/C15H17ClN2O/c1-10-7-8-17-15(16)14(10)18-11(2)9-12-3-5-13(19)6-4-12/h3-8,11,18-19H,9H2,1-2H3. The molecule has 2 rings (SSSR count). The summed E-state index contributed by atoms with van der Waals surface area (Å²) in [5, 5.41) is 13.1. The van der Waals surface area contributed by atoms with Gasteiger partial charge < -0.3 is 10.4 Å². The summed E-state index contributed by atoms with van der Waals surface area (Å²) in [5.41, 5.74) is 3.13. The van der Waals surface area contributed by atoms with Crippen molar-refractivity contribution in [2.45, 2.75) is 26.3 Å². The summed E-state index contributed by atoms with van der Waals surface area (Å²) in [4.78, 5) is 4.08. The first kappa shape index (κ1) is 13.7. The molecule has 0 amide bonds. The lowest BCUT2D eigenvalue weighted by Gasteiger charge is -2.17. The number of nitrogens with one attached hydrogen (secondary N) is 1. The van der Waals surface area contributed by atoms with E-state index in [1.54, 1.807) is 18.3 Å². The van der Waals surface area contributed by atoms with E-state index in [9.17, 15) is 5.11 Å². The van der Waals surface area contributed by atoms with Crippen LogP contribution in [0, 0.1) is 6.92 Å². The average molecular weight is 277 g/mol. The lowest BCUT2D eigenvalue weighted by molar-refractivity contribution is 0.475. The molecule has 0 spiro atoms. The molecule has 0 aliphatic rings. The van der Waals surface area contributed by atoms with Crippen LogP contribution in [0.4, 0.5) is 5.69 Å². The molecule has 100 valence electrons. The molecule has 0 bridgehead atoms. The van der Waals surface area contributed by atoms with Crippen molar-refractivity contribution in [2.75, 3.05) is 5.32 Å². The number of aryl methyl sites for hydroxylation is 1. The Hall–Kier alpha value is -1.74. The van der Waals surface area contributed by atoms with Gasteiger partial charge in [0.15, 0.2) is 5.15 Å². The van der Waals surface area contributed by atoms with Gasteiger partial charge in [-0.2, -0.15) is 0 Å². The third kappa shape index (κ3) is 3.61. The molecule has 2 N–H and O–H groups in total. The second-order valence-corrected chi connectivity index (χ2v) is 5.07. The number of pyridine rings is 1. The second-order valence-electron chi connectivity index (χ2n) is 4.71. The number of anilines is 1. The van der Waals surface area contributed by atoms with Crippen LogP contribution in [0.5, 0.6) is 5.75 Å². The van der Waals surface area contributed by atoms with E-state index in [2.05, 4.69) is 17.2 Å². The van der Waals surface area contributed by atoms with Crippen LogP contribution in [0.25, 0.3) is 0 Å². The maximum Gasteiger partial charge on any atom is 0.152 e. The number of benzene rings is 1. The quantitative estimate of drug-likeness (QED) is 0.835. The van der Waals surface area contributed by atoms with Crippen LogP contribution in [0.2, 0.25) is 5.15 Å². The Balaban J connectivity index is 2.05. The largest absolute Gasteiger partial charge is 0.508 e. The molecule has 0 saturated carbocycles. The van der Waals surface area contributed by atoms with Crippen molar-refractivity contribution in [1.82, 2.24) is 4.98 Å². The Bertz CT molecular complexity index is 534. The summed E-state index contributed by atoms with van der Waals surface area (Å²) in [6.07, 6.45) is 2.55. The predicted octanol–water partition coefficient (Wildman–Crippen LogP) is 3.79. The molecule has 19 heavy (non-hydrogen) atoms. The molecule has 4 heteroatoms. The van der Waals surface area contributed by atoms with Gasteiger partial charge in [-0.25, -0.2) is 4.98 Å². The minimum atomic E-state index is 0.227. The van der Waals surface area contributed by atoms with E-state index < -0.39 is 0 Å². The Labute approximate surface area is 118 Å². The Morgan fingerprint density at radius 3 is 2.58 bits per heavy atom. The van der Waals surface area contributed by atoms with Gasteiger partial charge in [-0.3, -0.25) is 0 Å². The summed E-state index contributed by atoms with van der Waals surface area (Å²) >= 11 is 6.09. The fraction of sp³-hybridized carbons (Fsp3) is 0.267. The molecule has 1 aromatic heterocycles. The van der Waals surface area contributed by atoms with Crippen molar-refractivity contribution < 1.29 is 5.11 Å². The first-order valence-corrected chi connectivity index (χ1v) is 6.59. The van der Waals surface area contributed by atoms with Gasteiger partial charge >= 0.3 is 0 Å². The first-order valence-electron chi connectivity index (χ1n) is 6.22. The summed E-state index contributed by atoms with van der Waals surface area (Å²) in [5.74, 6) is 0.288. The average Bonchev–Trinajstić information content (AvgIpc) is 2.37. The van der Waals surface area contributed by atoms with Crippen molar-refractivity contribution in [3.05, 3.63) is 52.8 Å². The number of phenolic OH excluding ortho intramolecular Hbond substituents is 1. The maximum absolute atomic E-state index is 9.26. The normalized spacial score (nSPS) is 12.2. The number of halogens is 1. The predicted molar refractivity (Wildman–Crippen MR) is 78.9 cm³/mol. The fourth-order valence-corrected chi connectivity index (χ4v) is 2.24. The molecule has 1 unspecified atom stereocenters. The number of nitrogens with zero attached hydrogens (tertiary/aromatic N) is 1. The summed E-state index contributed by atoms with van der Waals surface area (Å²) in [7, 11) is 0. The van der Waals surface area contributed by atoms with Crippen LogP contribution >= 0.6 is 11.6 Å². The topological polar surface area (TPSA) is 45.2 Å². The van der Waals surface area contributed by atoms with Crippen LogP contribution in [0.15, 0.2) is 36.5 Å². The zero-order chi connectivity index (χ0) is 13.8. The maximum atomic E-state index is 9.26. The zero-order valence-corrected chi connectivity index (χ0v) is 11.8. The second kappa shape index (κ2) is 5.93.